The van der Waals surface area contributed by atoms with Gasteiger partial charge in [0.05, 0.1) is 13.2 Å². The van der Waals surface area contributed by atoms with Gasteiger partial charge in [-0.05, 0) is 19.9 Å². The number of carbonyl (C=O) groups excluding carboxylic acids is 1. The molecular formula is C18H19N3O3. The molecule has 1 atom stereocenters. The van der Waals surface area contributed by atoms with Gasteiger partial charge in [-0.25, -0.2) is 4.98 Å². The lowest BCUT2D eigenvalue weighted by atomic mass is 10.1. The van der Waals surface area contributed by atoms with Gasteiger partial charge in [0.1, 0.15) is 17.4 Å². The SMILES string of the molecule is Cc1cnc([C@H]2COCCN2C(=O)c2oc3ccccc3c2C)[nH]1. The summed E-state index contributed by atoms with van der Waals surface area (Å²) in [6.45, 7) is 5.32. The number of aromatic nitrogens is 2. The molecule has 1 N–H and O–H groups in total. The quantitative estimate of drug-likeness (QED) is 0.786. The van der Waals surface area contributed by atoms with Crippen molar-refractivity contribution in [1.29, 1.82) is 0 Å². The number of fused-ring (bicyclic) bond motifs is 1. The summed E-state index contributed by atoms with van der Waals surface area (Å²) >= 11 is 0. The average molecular weight is 325 g/mol. The van der Waals surface area contributed by atoms with Crippen LogP contribution in [0.4, 0.5) is 0 Å². The molecule has 0 unspecified atom stereocenters. The van der Waals surface area contributed by atoms with Gasteiger partial charge in [0, 0.05) is 29.4 Å². The fourth-order valence-corrected chi connectivity index (χ4v) is 3.18. The van der Waals surface area contributed by atoms with Crippen LogP contribution in [0.1, 0.15) is 33.7 Å². The highest BCUT2D eigenvalue weighted by atomic mass is 16.5. The molecule has 0 radical (unpaired) electrons. The Morgan fingerprint density at radius 2 is 2.17 bits per heavy atom. The largest absolute Gasteiger partial charge is 0.451 e. The Balaban J connectivity index is 1.71. The predicted molar refractivity (Wildman–Crippen MR) is 88.9 cm³/mol. The molecular weight excluding hydrogens is 306 g/mol. The molecule has 0 aliphatic carbocycles. The maximum absolute atomic E-state index is 13.1. The first-order valence-corrected chi connectivity index (χ1v) is 8.03. The van der Waals surface area contributed by atoms with E-state index in [4.69, 9.17) is 9.15 Å². The van der Waals surface area contributed by atoms with Crippen molar-refractivity contribution in [3.05, 3.63) is 53.3 Å². The Labute approximate surface area is 139 Å². The van der Waals surface area contributed by atoms with E-state index in [1.54, 1.807) is 11.1 Å². The van der Waals surface area contributed by atoms with Crippen molar-refractivity contribution in [2.45, 2.75) is 19.9 Å². The van der Waals surface area contributed by atoms with Crippen LogP contribution in [-0.2, 0) is 4.74 Å². The fraction of sp³-hybridized carbons (Fsp3) is 0.333. The molecule has 6 nitrogen and oxygen atoms in total. The van der Waals surface area contributed by atoms with Crippen LogP contribution in [0.15, 0.2) is 34.9 Å². The standard InChI is InChI=1S/C18H19N3O3/c1-11-9-19-17(20-11)14-10-23-8-7-21(14)18(22)16-12(2)13-5-3-4-6-15(13)24-16/h3-6,9,14H,7-8,10H2,1-2H3,(H,19,20)/t14-/m1/s1. The summed E-state index contributed by atoms with van der Waals surface area (Å²) in [5.74, 6) is 1.02. The Bertz CT molecular complexity index is 896. The number of imidazole rings is 1. The van der Waals surface area contributed by atoms with Crippen LogP contribution >= 0.6 is 0 Å². The third-order valence-corrected chi connectivity index (χ3v) is 4.47. The maximum Gasteiger partial charge on any atom is 0.290 e. The zero-order chi connectivity index (χ0) is 16.7. The van der Waals surface area contributed by atoms with Gasteiger partial charge in [0.25, 0.3) is 5.91 Å². The minimum absolute atomic E-state index is 0.119. The van der Waals surface area contributed by atoms with E-state index in [2.05, 4.69) is 9.97 Å². The van der Waals surface area contributed by atoms with Crippen molar-refractivity contribution in [3.8, 4) is 0 Å². The summed E-state index contributed by atoms with van der Waals surface area (Å²) in [6, 6.07) is 7.47. The number of nitrogens with one attached hydrogen (secondary N) is 1. The van der Waals surface area contributed by atoms with Crippen LogP contribution < -0.4 is 0 Å². The van der Waals surface area contributed by atoms with E-state index < -0.39 is 0 Å². The second-order valence-electron chi connectivity index (χ2n) is 6.09. The number of aryl methyl sites for hydroxylation is 2. The molecule has 124 valence electrons. The Morgan fingerprint density at radius 3 is 2.92 bits per heavy atom. The average Bonchev–Trinajstić information content (AvgIpc) is 3.18. The van der Waals surface area contributed by atoms with Crippen LogP contribution in [0.2, 0.25) is 0 Å². The lowest BCUT2D eigenvalue weighted by Crippen LogP contribution is -2.44. The number of para-hydroxylation sites is 1. The van der Waals surface area contributed by atoms with Crippen LogP contribution in [0.25, 0.3) is 11.0 Å². The highest BCUT2D eigenvalue weighted by Gasteiger charge is 2.33. The van der Waals surface area contributed by atoms with Gasteiger partial charge in [-0.2, -0.15) is 0 Å². The number of amides is 1. The summed E-state index contributed by atoms with van der Waals surface area (Å²) in [6.07, 6.45) is 1.76. The van der Waals surface area contributed by atoms with Gasteiger partial charge >= 0.3 is 0 Å². The number of carbonyl (C=O) groups is 1. The van der Waals surface area contributed by atoms with E-state index in [1.165, 1.54) is 0 Å². The topological polar surface area (TPSA) is 71.4 Å². The monoisotopic (exact) mass is 325 g/mol. The number of nitrogens with zero attached hydrogens (tertiary/aromatic N) is 2. The van der Waals surface area contributed by atoms with Gasteiger partial charge in [-0.1, -0.05) is 18.2 Å². The Hall–Kier alpha value is -2.60. The molecule has 0 saturated carbocycles. The van der Waals surface area contributed by atoms with Crippen LogP contribution in [0.5, 0.6) is 0 Å². The summed E-state index contributed by atoms with van der Waals surface area (Å²) in [4.78, 5) is 22.5. The van der Waals surface area contributed by atoms with Crippen molar-refractivity contribution in [2.24, 2.45) is 0 Å². The number of furan rings is 1. The summed E-state index contributed by atoms with van der Waals surface area (Å²) < 4.78 is 11.4. The third kappa shape index (κ3) is 2.39. The van der Waals surface area contributed by atoms with Crippen molar-refractivity contribution >= 4 is 16.9 Å². The highest BCUT2D eigenvalue weighted by molar-refractivity contribution is 5.99. The molecule has 1 aliphatic heterocycles. The summed E-state index contributed by atoms with van der Waals surface area (Å²) in [7, 11) is 0. The summed E-state index contributed by atoms with van der Waals surface area (Å²) in [5, 5.41) is 0.972. The number of hydrogen-bond donors (Lipinski definition) is 1. The first-order chi connectivity index (χ1) is 11.6. The number of H-pyrrole nitrogens is 1. The predicted octanol–water partition coefficient (Wildman–Crippen LogP) is 2.99. The number of aromatic amines is 1. The number of hydrogen-bond acceptors (Lipinski definition) is 4. The first kappa shape index (κ1) is 15.0. The molecule has 3 heterocycles. The molecule has 1 fully saturated rings. The highest BCUT2D eigenvalue weighted by Crippen LogP contribution is 2.29. The lowest BCUT2D eigenvalue weighted by molar-refractivity contribution is -0.00648. The molecule has 6 heteroatoms. The molecule has 0 spiro atoms. The normalized spacial score (nSPS) is 18.2. The first-order valence-electron chi connectivity index (χ1n) is 8.03. The van der Waals surface area contributed by atoms with Crippen molar-refractivity contribution in [2.75, 3.05) is 19.8 Å². The molecule has 1 aromatic carbocycles. The van der Waals surface area contributed by atoms with E-state index in [0.717, 1.165) is 28.1 Å². The van der Waals surface area contributed by atoms with Gasteiger partial charge in [0.15, 0.2) is 5.76 Å². The molecule has 0 bridgehead atoms. The van der Waals surface area contributed by atoms with Crippen LogP contribution in [0, 0.1) is 13.8 Å². The lowest BCUT2D eigenvalue weighted by Gasteiger charge is -2.34. The number of ether oxygens (including phenoxy) is 1. The fourth-order valence-electron chi connectivity index (χ4n) is 3.18. The van der Waals surface area contributed by atoms with E-state index in [1.807, 2.05) is 38.1 Å². The van der Waals surface area contributed by atoms with Gasteiger partial charge in [0.2, 0.25) is 0 Å². The van der Waals surface area contributed by atoms with E-state index in [9.17, 15) is 4.79 Å². The molecule has 1 amide bonds. The molecule has 4 rings (SSSR count). The van der Waals surface area contributed by atoms with Crippen molar-refractivity contribution in [3.63, 3.8) is 0 Å². The third-order valence-electron chi connectivity index (χ3n) is 4.47. The molecule has 2 aromatic heterocycles. The van der Waals surface area contributed by atoms with E-state index in [-0.39, 0.29) is 11.9 Å². The smallest absolute Gasteiger partial charge is 0.290 e. The van der Waals surface area contributed by atoms with Crippen LogP contribution in [-0.4, -0.2) is 40.5 Å². The Kier molecular flexibility index (Phi) is 3.61. The second-order valence-corrected chi connectivity index (χ2v) is 6.09. The van der Waals surface area contributed by atoms with Crippen molar-refractivity contribution < 1.29 is 13.9 Å². The maximum atomic E-state index is 13.1. The molecule has 3 aromatic rings. The van der Waals surface area contributed by atoms with Gasteiger partial charge < -0.3 is 19.0 Å². The van der Waals surface area contributed by atoms with E-state index >= 15 is 0 Å². The van der Waals surface area contributed by atoms with Gasteiger partial charge in [-0.15, -0.1) is 0 Å². The van der Waals surface area contributed by atoms with Gasteiger partial charge in [-0.3, -0.25) is 4.79 Å². The van der Waals surface area contributed by atoms with E-state index in [0.29, 0.717) is 25.5 Å². The van der Waals surface area contributed by atoms with Crippen LogP contribution in [0.3, 0.4) is 0 Å². The van der Waals surface area contributed by atoms with Crippen molar-refractivity contribution in [1.82, 2.24) is 14.9 Å². The zero-order valence-electron chi connectivity index (χ0n) is 13.7. The minimum Gasteiger partial charge on any atom is -0.451 e. The Morgan fingerprint density at radius 1 is 1.33 bits per heavy atom. The number of morpholine rings is 1. The molecule has 1 aliphatic rings. The second kappa shape index (κ2) is 5.79. The summed E-state index contributed by atoms with van der Waals surface area (Å²) in [5.41, 5.74) is 2.57. The molecule has 24 heavy (non-hydrogen) atoms. The zero-order valence-corrected chi connectivity index (χ0v) is 13.7. The minimum atomic E-state index is -0.229. The number of benzene rings is 1. The number of rotatable bonds is 2. The molecule has 1 saturated heterocycles.